The topological polar surface area (TPSA) is 49.4 Å². The smallest absolute Gasteiger partial charge is 0.319 e. The van der Waals surface area contributed by atoms with E-state index in [1.165, 1.54) is 4.90 Å². The van der Waals surface area contributed by atoms with E-state index in [0.29, 0.717) is 15.6 Å². The zero-order valence-electron chi connectivity index (χ0n) is 14.2. The number of rotatable bonds is 3. The van der Waals surface area contributed by atoms with E-state index in [1.807, 2.05) is 32.0 Å². The van der Waals surface area contributed by atoms with E-state index in [0.717, 1.165) is 16.7 Å². The fourth-order valence-electron chi connectivity index (χ4n) is 3.06. The monoisotopic (exact) mass is 376 g/mol. The second-order valence-electron chi connectivity index (χ2n) is 6.50. The number of hydrogen-bond acceptors (Lipinski definition) is 2. The van der Waals surface area contributed by atoms with Crippen molar-refractivity contribution in [3.05, 3.63) is 68.7 Å². The Balaban J connectivity index is 1.95. The summed E-state index contributed by atoms with van der Waals surface area (Å²) in [6.45, 7) is 5.82. The molecule has 3 amide bonds. The Morgan fingerprint density at radius 2 is 1.80 bits per heavy atom. The van der Waals surface area contributed by atoms with E-state index < -0.39 is 11.6 Å². The standard InChI is InChI=1S/C19H18Cl2N2O2/c1-11-4-5-12(2)13(8-11)10-23-17(24)19(3,22-18(23)25)15-7-6-14(20)9-16(15)21/h4-9H,10H2,1-3H3,(H,22,25)/t19-/m0/s1. The minimum Gasteiger partial charge on any atom is -0.319 e. The molecule has 1 saturated heterocycles. The number of amides is 3. The fraction of sp³-hybridized carbons (Fsp3) is 0.263. The number of nitrogens with one attached hydrogen (secondary N) is 1. The molecular weight excluding hydrogens is 359 g/mol. The summed E-state index contributed by atoms with van der Waals surface area (Å²) in [5, 5.41) is 3.59. The molecular formula is C19H18Cl2N2O2. The molecule has 1 N–H and O–H groups in total. The summed E-state index contributed by atoms with van der Waals surface area (Å²) < 4.78 is 0. The summed E-state index contributed by atoms with van der Waals surface area (Å²) in [4.78, 5) is 26.7. The summed E-state index contributed by atoms with van der Waals surface area (Å²) in [7, 11) is 0. The lowest BCUT2D eigenvalue weighted by Crippen LogP contribution is -2.41. The number of nitrogens with zero attached hydrogens (tertiary/aromatic N) is 1. The van der Waals surface area contributed by atoms with Crippen LogP contribution in [-0.4, -0.2) is 16.8 Å². The Bertz CT molecular complexity index is 882. The molecule has 1 fully saturated rings. The molecule has 0 aromatic heterocycles. The van der Waals surface area contributed by atoms with Crippen LogP contribution in [0.1, 0.15) is 29.2 Å². The Hall–Kier alpha value is -2.04. The Labute approximate surface area is 156 Å². The highest BCUT2D eigenvalue weighted by Crippen LogP contribution is 2.35. The van der Waals surface area contributed by atoms with Gasteiger partial charge in [0.2, 0.25) is 0 Å². The molecule has 3 rings (SSSR count). The lowest BCUT2D eigenvalue weighted by molar-refractivity contribution is -0.131. The highest BCUT2D eigenvalue weighted by molar-refractivity contribution is 6.35. The van der Waals surface area contributed by atoms with Crippen LogP contribution in [0.2, 0.25) is 10.0 Å². The van der Waals surface area contributed by atoms with Crippen molar-refractivity contribution in [2.45, 2.75) is 32.9 Å². The average Bonchev–Trinajstić information content (AvgIpc) is 2.74. The molecule has 4 nitrogen and oxygen atoms in total. The van der Waals surface area contributed by atoms with Crippen molar-refractivity contribution in [3.8, 4) is 0 Å². The summed E-state index contributed by atoms with van der Waals surface area (Å²) >= 11 is 12.2. The quantitative estimate of drug-likeness (QED) is 0.797. The van der Waals surface area contributed by atoms with Gasteiger partial charge < -0.3 is 5.32 Å². The number of hydrogen-bond donors (Lipinski definition) is 1. The second kappa shape index (κ2) is 6.36. The van der Waals surface area contributed by atoms with Crippen LogP contribution in [0.3, 0.4) is 0 Å². The predicted molar refractivity (Wildman–Crippen MR) is 98.8 cm³/mol. The molecule has 0 radical (unpaired) electrons. The van der Waals surface area contributed by atoms with Crippen molar-refractivity contribution in [3.63, 3.8) is 0 Å². The van der Waals surface area contributed by atoms with Gasteiger partial charge in [-0.3, -0.25) is 9.69 Å². The molecule has 2 aromatic carbocycles. The Morgan fingerprint density at radius 3 is 2.48 bits per heavy atom. The van der Waals surface area contributed by atoms with Crippen LogP contribution in [-0.2, 0) is 16.9 Å². The first kappa shape index (κ1) is 17.8. The number of carbonyl (C=O) groups is 2. The van der Waals surface area contributed by atoms with Gasteiger partial charge in [-0.25, -0.2) is 4.79 Å². The molecule has 0 unspecified atom stereocenters. The van der Waals surface area contributed by atoms with Crippen LogP contribution in [0.25, 0.3) is 0 Å². The molecule has 1 aliphatic rings. The first-order valence-corrected chi connectivity index (χ1v) is 8.64. The second-order valence-corrected chi connectivity index (χ2v) is 7.34. The van der Waals surface area contributed by atoms with Crippen LogP contribution >= 0.6 is 23.2 Å². The number of halogens is 2. The van der Waals surface area contributed by atoms with Gasteiger partial charge in [-0.2, -0.15) is 0 Å². The largest absolute Gasteiger partial charge is 0.325 e. The first-order valence-electron chi connectivity index (χ1n) is 7.88. The predicted octanol–water partition coefficient (Wildman–Crippen LogP) is 4.58. The van der Waals surface area contributed by atoms with Gasteiger partial charge in [0, 0.05) is 15.6 Å². The molecule has 1 atom stereocenters. The lowest BCUT2D eigenvalue weighted by atomic mass is 9.92. The maximum atomic E-state index is 13.0. The van der Waals surface area contributed by atoms with Gasteiger partial charge >= 0.3 is 6.03 Å². The Morgan fingerprint density at radius 1 is 1.08 bits per heavy atom. The Kier molecular flexibility index (Phi) is 4.52. The van der Waals surface area contributed by atoms with Crippen LogP contribution in [0.5, 0.6) is 0 Å². The summed E-state index contributed by atoms with van der Waals surface area (Å²) in [6, 6.07) is 10.4. The number of benzene rings is 2. The normalized spacial score (nSPS) is 20.1. The number of imide groups is 1. The molecule has 0 saturated carbocycles. The minimum atomic E-state index is -1.21. The number of carbonyl (C=O) groups excluding carboxylic acids is 2. The van der Waals surface area contributed by atoms with Crippen LogP contribution in [0, 0.1) is 13.8 Å². The van der Waals surface area contributed by atoms with Crippen molar-refractivity contribution in [2.24, 2.45) is 0 Å². The van der Waals surface area contributed by atoms with E-state index >= 15 is 0 Å². The van der Waals surface area contributed by atoms with Crippen molar-refractivity contribution < 1.29 is 9.59 Å². The van der Waals surface area contributed by atoms with E-state index in [2.05, 4.69) is 5.32 Å². The van der Waals surface area contributed by atoms with E-state index in [1.54, 1.807) is 25.1 Å². The molecule has 2 aromatic rings. The summed E-state index contributed by atoms with van der Waals surface area (Å²) in [6.07, 6.45) is 0. The van der Waals surface area contributed by atoms with Gasteiger partial charge in [-0.15, -0.1) is 0 Å². The highest BCUT2D eigenvalue weighted by atomic mass is 35.5. The van der Waals surface area contributed by atoms with E-state index in [9.17, 15) is 9.59 Å². The van der Waals surface area contributed by atoms with Crippen LogP contribution in [0.15, 0.2) is 36.4 Å². The molecule has 0 bridgehead atoms. The van der Waals surface area contributed by atoms with Crippen molar-refractivity contribution in [1.82, 2.24) is 10.2 Å². The molecule has 1 aliphatic heterocycles. The molecule has 25 heavy (non-hydrogen) atoms. The van der Waals surface area contributed by atoms with E-state index in [-0.39, 0.29) is 12.5 Å². The molecule has 6 heteroatoms. The van der Waals surface area contributed by atoms with Gasteiger partial charge in [0.1, 0.15) is 5.54 Å². The summed E-state index contributed by atoms with van der Waals surface area (Å²) in [5.41, 5.74) is 2.37. The van der Waals surface area contributed by atoms with Crippen molar-refractivity contribution in [1.29, 1.82) is 0 Å². The van der Waals surface area contributed by atoms with E-state index in [4.69, 9.17) is 23.2 Å². The first-order chi connectivity index (χ1) is 11.7. The highest BCUT2D eigenvalue weighted by Gasteiger charge is 2.49. The van der Waals surface area contributed by atoms with Crippen molar-refractivity contribution >= 4 is 35.1 Å². The molecule has 130 valence electrons. The minimum absolute atomic E-state index is 0.221. The van der Waals surface area contributed by atoms with Crippen molar-refractivity contribution in [2.75, 3.05) is 0 Å². The van der Waals surface area contributed by atoms with Gasteiger partial charge in [-0.05, 0) is 44.0 Å². The third-order valence-corrected chi connectivity index (χ3v) is 5.13. The average molecular weight is 377 g/mol. The molecule has 0 spiro atoms. The number of urea groups is 1. The SMILES string of the molecule is Cc1ccc(C)c(CN2C(=O)N[C@@](C)(c3ccc(Cl)cc3Cl)C2=O)c1. The molecule has 1 heterocycles. The van der Waals surface area contributed by atoms with Gasteiger partial charge in [0.25, 0.3) is 5.91 Å². The third kappa shape index (κ3) is 3.12. The maximum absolute atomic E-state index is 13.0. The zero-order chi connectivity index (χ0) is 18.4. The molecule has 0 aliphatic carbocycles. The summed E-state index contributed by atoms with van der Waals surface area (Å²) in [5.74, 6) is -0.331. The lowest BCUT2D eigenvalue weighted by Gasteiger charge is -2.23. The van der Waals surface area contributed by atoms with Gasteiger partial charge in [-0.1, -0.05) is 53.0 Å². The number of aryl methyl sites for hydroxylation is 2. The zero-order valence-corrected chi connectivity index (χ0v) is 15.7. The van der Waals surface area contributed by atoms with Gasteiger partial charge in [0.05, 0.1) is 6.54 Å². The maximum Gasteiger partial charge on any atom is 0.325 e. The third-order valence-electron chi connectivity index (χ3n) is 4.58. The fourth-order valence-corrected chi connectivity index (χ4v) is 3.66. The van der Waals surface area contributed by atoms with Crippen LogP contribution in [0.4, 0.5) is 4.79 Å². The van der Waals surface area contributed by atoms with Crippen LogP contribution < -0.4 is 5.32 Å². The van der Waals surface area contributed by atoms with Gasteiger partial charge in [0.15, 0.2) is 0 Å².